The molecule has 15 heavy (non-hydrogen) atoms. The maximum absolute atomic E-state index is 5.84. The van der Waals surface area contributed by atoms with Crippen molar-refractivity contribution in [3.63, 3.8) is 0 Å². The van der Waals surface area contributed by atoms with Gasteiger partial charge in [-0.1, -0.05) is 11.6 Å². The predicted molar refractivity (Wildman–Crippen MR) is 61.4 cm³/mol. The molecule has 0 unspecified atom stereocenters. The summed E-state index contributed by atoms with van der Waals surface area (Å²) in [6.45, 7) is 0. The second kappa shape index (κ2) is 4.47. The van der Waals surface area contributed by atoms with Gasteiger partial charge in [0.15, 0.2) is 5.82 Å². The van der Waals surface area contributed by atoms with Crippen LogP contribution in [0.4, 0.5) is 0 Å². The molecule has 2 rings (SSSR count). The van der Waals surface area contributed by atoms with Crippen LogP contribution in [0.5, 0.6) is 0 Å². The standard InChI is InChI=1S/C8H5BrCl2N4/c9-6-3-5(11)1-2-7(6)15-8(4-10)12-13-14-15/h1-3H,4H2. The number of alkyl halides is 1. The van der Waals surface area contributed by atoms with Crippen LogP contribution in [0.3, 0.4) is 0 Å². The number of nitrogens with zero attached hydrogens (tertiary/aromatic N) is 4. The fourth-order valence-electron chi connectivity index (χ4n) is 1.13. The Morgan fingerprint density at radius 1 is 1.40 bits per heavy atom. The molecule has 1 heterocycles. The van der Waals surface area contributed by atoms with E-state index in [0.717, 1.165) is 10.2 Å². The summed E-state index contributed by atoms with van der Waals surface area (Å²) < 4.78 is 2.38. The van der Waals surface area contributed by atoms with Crippen LogP contribution >= 0.6 is 39.1 Å². The number of hydrogen-bond donors (Lipinski definition) is 0. The highest BCUT2D eigenvalue weighted by Crippen LogP contribution is 2.24. The van der Waals surface area contributed by atoms with Crippen molar-refractivity contribution in [2.45, 2.75) is 5.88 Å². The number of aromatic nitrogens is 4. The summed E-state index contributed by atoms with van der Waals surface area (Å²) in [6.07, 6.45) is 0. The van der Waals surface area contributed by atoms with Crippen molar-refractivity contribution in [1.29, 1.82) is 0 Å². The van der Waals surface area contributed by atoms with Crippen LogP contribution in [0.1, 0.15) is 5.82 Å². The summed E-state index contributed by atoms with van der Waals surface area (Å²) in [5, 5.41) is 11.8. The first-order valence-electron chi connectivity index (χ1n) is 4.01. The SMILES string of the molecule is ClCc1nnnn1-c1ccc(Cl)cc1Br. The zero-order valence-corrected chi connectivity index (χ0v) is 10.5. The Morgan fingerprint density at radius 3 is 2.87 bits per heavy atom. The van der Waals surface area contributed by atoms with E-state index >= 15 is 0 Å². The topological polar surface area (TPSA) is 43.6 Å². The number of hydrogen-bond acceptors (Lipinski definition) is 3. The lowest BCUT2D eigenvalue weighted by Gasteiger charge is -2.05. The molecule has 0 spiro atoms. The van der Waals surface area contributed by atoms with Gasteiger partial charge in [0, 0.05) is 9.50 Å². The third kappa shape index (κ3) is 2.14. The van der Waals surface area contributed by atoms with Crippen molar-refractivity contribution >= 4 is 39.1 Å². The van der Waals surface area contributed by atoms with Gasteiger partial charge in [-0.15, -0.1) is 16.7 Å². The summed E-state index contributed by atoms with van der Waals surface area (Å²) in [7, 11) is 0. The molecule has 0 aliphatic heterocycles. The second-order valence-electron chi connectivity index (χ2n) is 2.74. The van der Waals surface area contributed by atoms with Gasteiger partial charge in [0.25, 0.3) is 0 Å². The molecule has 0 aliphatic carbocycles. The van der Waals surface area contributed by atoms with E-state index < -0.39 is 0 Å². The molecule has 2 aromatic rings. The molecule has 0 saturated heterocycles. The largest absolute Gasteiger partial charge is 0.195 e. The van der Waals surface area contributed by atoms with E-state index in [0.29, 0.717) is 10.8 Å². The molecular formula is C8H5BrCl2N4. The third-order valence-corrected chi connectivity index (χ3v) is 2.90. The molecule has 0 N–H and O–H groups in total. The molecule has 0 bridgehead atoms. The first-order chi connectivity index (χ1) is 7.22. The molecular weight excluding hydrogens is 303 g/mol. The number of halogens is 3. The van der Waals surface area contributed by atoms with Crippen molar-refractivity contribution in [3.8, 4) is 5.69 Å². The van der Waals surface area contributed by atoms with Gasteiger partial charge in [-0.05, 0) is 44.6 Å². The van der Waals surface area contributed by atoms with Gasteiger partial charge in [-0.25, -0.2) is 0 Å². The molecule has 4 nitrogen and oxygen atoms in total. The first-order valence-corrected chi connectivity index (χ1v) is 5.71. The zero-order valence-electron chi connectivity index (χ0n) is 7.36. The molecule has 0 saturated carbocycles. The Balaban J connectivity index is 2.54. The molecule has 78 valence electrons. The quantitative estimate of drug-likeness (QED) is 0.801. The number of tetrazole rings is 1. The summed E-state index contributed by atoms with van der Waals surface area (Å²) in [6, 6.07) is 5.36. The van der Waals surface area contributed by atoms with E-state index in [9.17, 15) is 0 Å². The van der Waals surface area contributed by atoms with Crippen LogP contribution in [-0.2, 0) is 5.88 Å². The van der Waals surface area contributed by atoms with E-state index in [4.69, 9.17) is 23.2 Å². The molecule has 0 amide bonds. The van der Waals surface area contributed by atoms with Gasteiger partial charge >= 0.3 is 0 Å². The van der Waals surface area contributed by atoms with Crippen LogP contribution in [0.25, 0.3) is 5.69 Å². The van der Waals surface area contributed by atoms with E-state index in [-0.39, 0.29) is 5.88 Å². The fourth-order valence-corrected chi connectivity index (χ4v) is 2.15. The van der Waals surface area contributed by atoms with Crippen LogP contribution in [0, 0.1) is 0 Å². The van der Waals surface area contributed by atoms with Crippen LogP contribution < -0.4 is 0 Å². The smallest absolute Gasteiger partial charge is 0.171 e. The summed E-state index contributed by atoms with van der Waals surface area (Å²) in [5.74, 6) is 0.835. The summed E-state index contributed by atoms with van der Waals surface area (Å²) >= 11 is 14.9. The molecule has 0 aliphatic rings. The van der Waals surface area contributed by atoms with Crippen molar-refractivity contribution in [2.24, 2.45) is 0 Å². The Kier molecular flexibility index (Phi) is 3.23. The average Bonchev–Trinajstić information content (AvgIpc) is 2.65. The molecule has 1 aromatic carbocycles. The van der Waals surface area contributed by atoms with Crippen molar-refractivity contribution in [1.82, 2.24) is 20.2 Å². The van der Waals surface area contributed by atoms with Gasteiger partial charge in [0.05, 0.1) is 11.6 Å². The molecule has 0 atom stereocenters. The predicted octanol–water partition coefficient (Wildman–Crippen LogP) is 2.82. The molecule has 0 fully saturated rings. The first kappa shape index (κ1) is 10.9. The van der Waals surface area contributed by atoms with Crippen molar-refractivity contribution < 1.29 is 0 Å². The van der Waals surface area contributed by atoms with E-state index in [1.807, 2.05) is 6.07 Å². The van der Waals surface area contributed by atoms with Crippen LogP contribution in [0.2, 0.25) is 5.02 Å². The van der Waals surface area contributed by atoms with Gasteiger partial charge in [-0.2, -0.15) is 4.68 Å². The van der Waals surface area contributed by atoms with Gasteiger partial charge in [0.1, 0.15) is 0 Å². The summed E-state index contributed by atoms with van der Waals surface area (Å²) in [5.41, 5.74) is 0.806. The average molecular weight is 308 g/mol. The fraction of sp³-hybridized carbons (Fsp3) is 0.125. The second-order valence-corrected chi connectivity index (χ2v) is 4.29. The monoisotopic (exact) mass is 306 g/mol. The molecule has 0 radical (unpaired) electrons. The molecule has 7 heteroatoms. The van der Waals surface area contributed by atoms with Crippen LogP contribution in [0.15, 0.2) is 22.7 Å². The lowest BCUT2D eigenvalue weighted by atomic mass is 10.3. The summed E-state index contributed by atoms with van der Waals surface area (Å²) in [4.78, 5) is 0. The normalized spacial score (nSPS) is 10.6. The van der Waals surface area contributed by atoms with Gasteiger partial charge in [0.2, 0.25) is 0 Å². The van der Waals surface area contributed by atoms with Crippen LogP contribution in [-0.4, -0.2) is 20.2 Å². The minimum atomic E-state index is 0.252. The van der Waals surface area contributed by atoms with Gasteiger partial charge < -0.3 is 0 Å². The third-order valence-electron chi connectivity index (χ3n) is 1.79. The van der Waals surface area contributed by atoms with Crippen molar-refractivity contribution in [3.05, 3.63) is 33.5 Å². The Bertz CT molecular complexity index is 485. The highest BCUT2D eigenvalue weighted by Gasteiger charge is 2.10. The minimum Gasteiger partial charge on any atom is -0.195 e. The maximum atomic E-state index is 5.84. The molecule has 1 aromatic heterocycles. The Labute approximate surface area is 104 Å². The van der Waals surface area contributed by atoms with E-state index in [2.05, 4.69) is 31.5 Å². The maximum Gasteiger partial charge on any atom is 0.171 e. The lowest BCUT2D eigenvalue weighted by Crippen LogP contribution is -2.02. The number of benzene rings is 1. The minimum absolute atomic E-state index is 0.252. The van der Waals surface area contributed by atoms with E-state index in [1.165, 1.54) is 0 Å². The lowest BCUT2D eigenvalue weighted by molar-refractivity contribution is 0.774. The van der Waals surface area contributed by atoms with Crippen molar-refractivity contribution in [2.75, 3.05) is 0 Å². The zero-order chi connectivity index (χ0) is 10.8. The highest BCUT2D eigenvalue weighted by molar-refractivity contribution is 9.10. The van der Waals surface area contributed by atoms with E-state index in [1.54, 1.807) is 16.8 Å². The Hall–Kier alpha value is -0.650. The number of rotatable bonds is 2. The van der Waals surface area contributed by atoms with Gasteiger partial charge in [-0.3, -0.25) is 0 Å². The highest BCUT2D eigenvalue weighted by atomic mass is 79.9. The Morgan fingerprint density at radius 2 is 2.20 bits per heavy atom.